The molecule has 0 amide bonds. The molecule has 0 spiro atoms. The van der Waals surface area contributed by atoms with E-state index in [1.165, 1.54) is 111 Å². The minimum Gasteiger partial charge on any atom is -0.462 e. The molecule has 0 aliphatic heterocycles. The Hall–Kier alpha value is -0.610. The zero-order valence-corrected chi connectivity index (χ0v) is 52.3. The van der Waals surface area contributed by atoms with Crippen LogP contribution in [-0.2, 0) is 19.1 Å². The van der Waals surface area contributed by atoms with Crippen LogP contribution in [0.5, 0.6) is 0 Å². The summed E-state index contributed by atoms with van der Waals surface area (Å²) in [5.41, 5.74) is 4.78. The minimum atomic E-state index is -0.0289. The minimum absolute atomic E-state index is 0.0253. The highest BCUT2D eigenvalue weighted by Gasteiger charge is 2.61. The maximum Gasteiger partial charge on any atom is 0.306 e. The number of fused-ring (bicyclic) bond motifs is 10. The predicted molar refractivity (Wildman–Crippen MR) is 319 cm³/mol. The fourth-order valence-corrected chi connectivity index (χ4v) is 25.3. The second-order valence-corrected chi connectivity index (χ2v) is 34.2. The van der Waals surface area contributed by atoms with Crippen molar-refractivity contribution in [2.24, 2.45) is 92.7 Å². The Bertz CT molecular complexity index is 2060. The van der Waals surface area contributed by atoms with Gasteiger partial charge in [-0.15, -0.1) is 46.2 Å². The first-order chi connectivity index (χ1) is 35.3. The van der Waals surface area contributed by atoms with Crippen LogP contribution < -0.4 is 0 Å². The maximum atomic E-state index is 13.3. The van der Waals surface area contributed by atoms with Crippen LogP contribution in [0.25, 0.3) is 0 Å². The molecule has 416 valence electrons. The van der Waals surface area contributed by atoms with Crippen LogP contribution in [0.3, 0.4) is 0 Å². The molecule has 8 aliphatic rings. The van der Waals surface area contributed by atoms with Gasteiger partial charge in [-0.3, -0.25) is 9.59 Å². The third-order valence-corrected chi connectivity index (χ3v) is 28.9. The van der Waals surface area contributed by atoms with Crippen LogP contribution in [-0.4, -0.2) is 35.7 Å². The molecule has 1 heterocycles. The van der Waals surface area contributed by atoms with Crippen LogP contribution in [0.4, 0.5) is 0 Å². The van der Waals surface area contributed by atoms with Gasteiger partial charge in [0.25, 0.3) is 0 Å². The maximum absolute atomic E-state index is 13.3. The summed E-state index contributed by atoms with van der Waals surface area (Å²) in [5, 5.41) is 0. The molecule has 0 aromatic carbocycles. The van der Waals surface area contributed by atoms with Gasteiger partial charge in [-0.1, -0.05) is 143 Å². The van der Waals surface area contributed by atoms with Gasteiger partial charge in [-0.05, 0) is 207 Å². The number of esters is 2. The fraction of sp³-hybridized carbons (Fsp3) is 0.862. The predicted octanol–water partition coefficient (Wildman–Crippen LogP) is 20.2. The van der Waals surface area contributed by atoms with E-state index < -0.39 is 0 Å². The standard InChI is InChI=1S/C65H102O4S5/c1-41(2)15-11-17-43(5)51-25-27-53-49-23-21-45-39-47(29-33-62(45,7)55(49)31-35-64(51,53)9)68-57(66)19-13-37-71-59-60(74-61(70)73-59)72-38-14-20-58(67)69-48-30-34-63(8)46(40-48)22-24-50-54-28-26-52(44(6)18-12-16-42(3)4)65(54,10)36-32-56(50)63/h21-22,41-44,47-56H,11-20,23-40H2,1-10H3/t43-,44-,47?,48?,49+,50+,51-,52-,53+,54+,55+,56+,62+,63+,64-,65-/m1/s1. The van der Waals surface area contributed by atoms with Crippen LogP contribution in [0.2, 0.25) is 0 Å². The molecule has 1 aromatic rings. The molecule has 0 N–H and O–H groups in total. The average Bonchev–Trinajstić information content (AvgIpc) is 4.02. The number of carbonyl (C=O) groups is 2. The van der Waals surface area contributed by atoms with Crippen molar-refractivity contribution in [3.8, 4) is 0 Å². The van der Waals surface area contributed by atoms with Gasteiger partial charge in [-0.2, -0.15) is 0 Å². The van der Waals surface area contributed by atoms with Crippen molar-refractivity contribution in [3.63, 3.8) is 0 Å². The quantitative estimate of drug-likeness (QED) is 0.0377. The van der Waals surface area contributed by atoms with Gasteiger partial charge in [0.15, 0.2) is 0 Å². The van der Waals surface area contributed by atoms with E-state index in [4.69, 9.17) is 21.7 Å². The lowest BCUT2D eigenvalue weighted by Gasteiger charge is -2.58. The van der Waals surface area contributed by atoms with Crippen LogP contribution in [0.15, 0.2) is 31.7 Å². The molecule has 0 radical (unpaired) electrons. The summed E-state index contributed by atoms with van der Waals surface area (Å²) >= 11 is 12.7. The average molecular weight is 1110 g/mol. The summed E-state index contributed by atoms with van der Waals surface area (Å²) in [5.74, 6) is 11.8. The first-order valence-electron chi connectivity index (χ1n) is 31.0. The van der Waals surface area contributed by atoms with Gasteiger partial charge in [0.05, 0.1) is 8.42 Å². The van der Waals surface area contributed by atoms with Crippen molar-refractivity contribution in [1.82, 2.24) is 0 Å². The van der Waals surface area contributed by atoms with E-state index in [-0.39, 0.29) is 35.0 Å². The Kier molecular flexibility index (Phi) is 19.3. The molecule has 8 aliphatic carbocycles. The van der Waals surface area contributed by atoms with E-state index in [0.717, 1.165) is 137 Å². The molecular formula is C65H102O4S5. The van der Waals surface area contributed by atoms with E-state index in [2.05, 4.69) is 81.4 Å². The number of ether oxygens (including phenoxy) is 2. The molecule has 9 rings (SSSR count). The van der Waals surface area contributed by atoms with Crippen LogP contribution >= 0.6 is 58.4 Å². The Morgan fingerprint density at radius 3 is 1.39 bits per heavy atom. The molecule has 1 aromatic heterocycles. The highest BCUT2D eigenvalue weighted by Crippen LogP contribution is 2.69. The van der Waals surface area contributed by atoms with Gasteiger partial charge in [0.2, 0.25) is 0 Å². The number of thioether (sulfide) groups is 2. The number of allylic oxidation sites excluding steroid dienone is 2. The first kappa shape index (κ1) is 58.1. The molecule has 0 saturated heterocycles. The monoisotopic (exact) mass is 1110 g/mol. The zero-order chi connectivity index (χ0) is 52.6. The molecule has 9 heteroatoms. The molecule has 0 bridgehead atoms. The summed E-state index contributed by atoms with van der Waals surface area (Å²) in [6.07, 6.45) is 36.2. The number of carbonyl (C=O) groups excluding carboxylic acids is 2. The zero-order valence-electron chi connectivity index (χ0n) is 48.2. The molecule has 74 heavy (non-hydrogen) atoms. The van der Waals surface area contributed by atoms with Crippen molar-refractivity contribution < 1.29 is 19.1 Å². The number of hydrogen-bond donors (Lipinski definition) is 0. The highest BCUT2D eigenvalue weighted by molar-refractivity contribution is 8.05. The third kappa shape index (κ3) is 12.3. The topological polar surface area (TPSA) is 52.6 Å². The van der Waals surface area contributed by atoms with Crippen LogP contribution in [0.1, 0.15) is 236 Å². The highest BCUT2D eigenvalue weighted by atomic mass is 32.2. The van der Waals surface area contributed by atoms with E-state index in [1.54, 1.807) is 33.8 Å². The molecule has 6 fully saturated rings. The second kappa shape index (κ2) is 24.6. The summed E-state index contributed by atoms with van der Waals surface area (Å²) in [6, 6.07) is 0. The lowest BCUT2D eigenvalue weighted by atomic mass is 9.47. The van der Waals surface area contributed by atoms with Gasteiger partial charge < -0.3 is 9.47 Å². The van der Waals surface area contributed by atoms with Crippen molar-refractivity contribution in [3.05, 3.63) is 26.4 Å². The SMILES string of the molecule is CC(C)CCC[C@@H](C)[C@H]1CC[C@H]2[C@@H]3CC=C4CC(OC(=O)CCCSc5sc(=S)sc5SCCCC(=O)OC5CC[C@@]6(C)C(=CC[C@H]7[C@@H]8CC[C@H]([C@H](C)CCCC(C)C)[C@@]8(C)CC[C@@H]76)C5)CC[C@]4(C)[C@H]3CC[C@]12C. The van der Waals surface area contributed by atoms with E-state index in [0.29, 0.717) is 23.7 Å². The van der Waals surface area contributed by atoms with Gasteiger partial charge in [0.1, 0.15) is 15.3 Å². The summed E-state index contributed by atoms with van der Waals surface area (Å²) in [7, 11) is 0. The van der Waals surface area contributed by atoms with Crippen molar-refractivity contribution in [1.29, 1.82) is 0 Å². The fourth-order valence-electron chi connectivity index (χ4n) is 19.2. The van der Waals surface area contributed by atoms with E-state index in [1.807, 2.05) is 23.5 Å². The molecule has 4 nitrogen and oxygen atoms in total. The Balaban J connectivity index is 0.666. The van der Waals surface area contributed by atoms with Gasteiger partial charge in [-0.25, -0.2) is 0 Å². The molecule has 16 atom stereocenters. The third-order valence-electron chi connectivity index (χ3n) is 23.2. The smallest absolute Gasteiger partial charge is 0.306 e. The largest absolute Gasteiger partial charge is 0.462 e. The van der Waals surface area contributed by atoms with Crippen molar-refractivity contribution >= 4 is 70.4 Å². The normalized spacial score (nSPS) is 38.2. The van der Waals surface area contributed by atoms with Gasteiger partial charge in [0, 0.05) is 25.7 Å². The van der Waals surface area contributed by atoms with Crippen LogP contribution in [0, 0.1) is 95.8 Å². The lowest BCUT2D eigenvalue weighted by Crippen LogP contribution is -2.51. The van der Waals surface area contributed by atoms with Crippen molar-refractivity contribution in [2.75, 3.05) is 11.5 Å². The molecule has 6 saturated carbocycles. The summed E-state index contributed by atoms with van der Waals surface area (Å²) < 4.78 is 16.0. The van der Waals surface area contributed by atoms with Crippen molar-refractivity contribution in [2.45, 2.75) is 257 Å². The lowest BCUT2D eigenvalue weighted by molar-refractivity contribution is -0.152. The molecule has 2 unspecified atom stereocenters. The number of hydrogen-bond acceptors (Lipinski definition) is 9. The Labute approximate surface area is 473 Å². The van der Waals surface area contributed by atoms with E-state index in [9.17, 15) is 9.59 Å². The number of rotatable bonds is 22. The summed E-state index contributed by atoms with van der Waals surface area (Å²) in [6.45, 7) is 25.2. The molecular weight excluding hydrogens is 1010 g/mol. The first-order valence-corrected chi connectivity index (χ1v) is 35.0. The van der Waals surface area contributed by atoms with Gasteiger partial charge >= 0.3 is 11.9 Å². The summed E-state index contributed by atoms with van der Waals surface area (Å²) in [4.78, 5) is 26.6. The Morgan fingerprint density at radius 1 is 0.568 bits per heavy atom. The van der Waals surface area contributed by atoms with E-state index >= 15 is 0 Å². The Morgan fingerprint density at radius 2 is 0.986 bits per heavy atom. The second-order valence-electron chi connectivity index (χ2n) is 28.2.